The first-order valence-electron chi connectivity index (χ1n) is 5.16. The van der Waals surface area contributed by atoms with Crippen LogP contribution in [0, 0.1) is 11.8 Å². The molecule has 70 valence electrons. The van der Waals surface area contributed by atoms with E-state index in [4.69, 9.17) is 0 Å². The number of rotatable bonds is 1. The molecule has 2 rings (SSSR count). The van der Waals surface area contributed by atoms with Gasteiger partial charge in [0.15, 0.2) is 0 Å². The summed E-state index contributed by atoms with van der Waals surface area (Å²) in [7, 11) is 0. The zero-order valence-electron chi connectivity index (χ0n) is 7.84. The van der Waals surface area contributed by atoms with Crippen molar-refractivity contribution in [1.29, 1.82) is 0 Å². The summed E-state index contributed by atoms with van der Waals surface area (Å²) in [4.78, 5) is 0. The maximum atomic E-state index is 10.1. The minimum Gasteiger partial charge on any atom is -0.390 e. The average molecular weight is 169 g/mol. The number of fused-ring (bicyclic) bond motifs is 1. The van der Waals surface area contributed by atoms with Gasteiger partial charge in [-0.15, -0.1) is 0 Å². The molecule has 0 aromatic heterocycles. The second-order valence-corrected chi connectivity index (χ2v) is 4.50. The summed E-state index contributed by atoms with van der Waals surface area (Å²) in [5, 5.41) is 13.5. The Morgan fingerprint density at radius 3 is 2.92 bits per heavy atom. The van der Waals surface area contributed by atoms with Gasteiger partial charge < -0.3 is 10.4 Å². The van der Waals surface area contributed by atoms with E-state index in [9.17, 15) is 5.11 Å². The van der Waals surface area contributed by atoms with Crippen molar-refractivity contribution in [1.82, 2.24) is 5.32 Å². The molecule has 1 saturated carbocycles. The predicted octanol–water partition coefficient (Wildman–Crippen LogP) is 1.15. The molecular formula is C10H19NO. The smallest absolute Gasteiger partial charge is 0.0648 e. The van der Waals surface area contributed by atoms with E-state index in [1.807, 2.05) is 0 Å². The van der Waals surface area contributed by atoms with Gasteiger partial charge in [0, 0.05) is 0 Å². The maximum Gasteiger partial charge on any atom is 0.0648 e. The van der Waals surface area contributed by atoms with Crippen LogP contribution in [0.3, 0.4) is 0 Å². The van der Waals surface area contributed by atoms with Crippen molar-refractivity contribution >= 4 is 0 Å². The Morgan fingerprint density at radius 1 is 1.42 bits per heavy atom. The van der Waals surface area contributed by atoms with Crippen LogP contribution in [0.1, 0.15) is 32.6 Å². The Morgan fingerprint density at radius 2 is 2.17 bits per heavy atom. The largest absolute Gasteiger partial charge is 0.390 e. The second-order valence-electron chi connectivity index (χ2n) is 4.50. The minimum absolute atomic E-state index is 0.326. The van der Waals surface area contributed by atoms with Crippen LogP contribution in [0.15, 0.2) is 0 Å². The fourth-order valence-electron chi connectivity index (χ4n) is 2.73. The van der Waals surface area contributed by atoms with Gasteiger partial charge in [0.2, 0.25) is 0 Å². The van der Waals surface area contributed by atoms with Crippen LogP contribution >= 0.6 is 0 Å². The molecule has 2 heteroatoms. The quantitative estimate of drug-likeness (QED) is 0.617. The van der Waals surface area contributed by atoms with Crippen LogP contribution < -0.4 is 5.32 Å². The molecule has 1 saturated heterocycles. The molecular weight excluding hydrogens is 150 g/mol. The summed E-state index contributed by atoms with van der Waals surface area (Å²) in [6, 6.07) is 0. The van der Waals surface area contributed by atoms with Gasteiger partial charge >= 0.3 is 0 Å². The Hall–Kier alpha value is -0.0800. The first-order chi connectivity index (χ1) is 5.73. The van der Waals surface area contributed by atoms with Crippen molar-refractivity contribution < 1.29 is 5.11 Å². The van der Waals surface area contributed by atoms with Gasteiger partial charge in [-0.05, 0) is 50.6 Å². The molecule has 2 nitrogen and oxygen atoms in total. The zero-order chi connectivity index (χ0) is 8.60. The van der Waals surface area contributed by atoms with Crippen LogP contribution in [0.4, 0.5) is 0 Å². The fraction of sp³-hybridized carbons (Fsp3) is 1.00. The standard InChI is InChI=1S/C10H19NO/c1-2-10(12)4-3-8-6-11-7-9(8)5-10/h8-9,11-12H,2-7H2,1H3. The van der Waals surface area contributed by atoms with E-state index in [1.165, 1.54) is 13.0 Å². The topological polar surface area (TPSA) is 32.3 Å². The van der Waals surface area contributed by atoms with Gasteiger partial charge in [0.05, 0.1) is 5.60 Å². The van der Waals surface area contributed by atoms with Crippen molar-refractivity contribution in [3.63, 3.8) is 0 Å². The van der Waals surface area contributed by atoms with Gasteiger partial charge in [0.25, 0.3) is 0 Å². The van der Waals surface area contributed by atoms with Gasteiger partial charge in [-0.2, -0.15) is 0 Å². The highest BCUT2D eigenvalue weighted by molar-refractivity contribution is 4.94. The highest BCUT2D eigenvalue weighted by atomic mass is 16.3. The van der Waals surface area contributed by atoms with Crippen molar-refractivity contribution in [3.8, 4) is 0 Å². The lowest BCUT2D eigenvalue weighted by Gasteiger charge is -2.37. The Labute approximate surface area is 74.4 Å². The van der Waals surface area contributed by atoms with Gasteiger partial charge in [-0.3, -0.25) is 0 Å². The summed E-state index contributed by atoms with van der Waals surface area (Å²) in [6.07, 6.45) is 4.20. The Bertz CT molecular complexity index is 171. The third-order valence-electron chi connectivity index (χ3n) is 3.76. The number of hydrogen-bond donors (Lipinski definition) is 2. The van der Waals surface area contributed by atoms with E-state index in [0.29, 0.717) is 0 Å². The molecule has 3 atom stereocenters. The first-order valence-corrected chi connectivity index (χ1v) is 5.16. The monoisotopic (exact) mass is 169 g/mol. The van der Waals surface area contributed by atoms with E-state index in [-0.39, 0.29) is 5.60 Å². The number of aliphatic hydroxyl groups is 1. The molecule has 0 amide bonds. The normalized spacial score (nSPS) is 47.5. The Kier molecular flexibility index (Phi) is 2.13. The second kappa shape index (κ2) is 3.00. The van der Waals surface area contributed by atoms with E-state index >= 15 is 0 Å². The van der Waals surface area contributed by atoms with Crippen LogP contribution in [0.25, 0.3) is 0 Å². The van der Waals surface area contributed by atoms with E-state index < -0.39 is 0 Å². The molecule has 0 bridgehead atoms. The molecule has 2 aliphatic rings. The summed E-state index contributed by atoms with van der Waals surface area (Å²) < 4.78 is 0. The molecule has 2 N–H and O–H groups in total. The number of nitrogens with one attached hydrogen (secondary N) is 1. The highest BCUT2D eigenvalue weighted by Crippen LogP contribution is 2.39. The van der Waals surface area contributed by atoms with Crippen molar-refractivity contribution in [3.05, 3.63) is 0 Å². The van der Waals surface area contributed by atoms with Crippen LogP contribution in [-0.2, 0) is 0 Å². The SMILES string of the molecule is CCC1(O)CCC2CNCC2C1. The van der Waals surface area contributed by atoms with Crippen LogP contribution in [0.2, 0.25) is 0 Å². The van der Waals surface area contributed by atoms with Gasteiger partial charge in [-0.1, -0.05) is 6.92 Å². The van der Waals surface area contributed by atoms with Crippen LogP contribution in [-0.4, -0.2) is 23.8 Å². The summed E-state index contributed by atoms with van der Waals surface area (Å²) in [6.45, 7) is 4.42. The maximum absolute atomic E-state index is 10.1. The van der Waals surface area contributed by atoms with E-state index in [0.717, 1.165) is 37.6 Å². The van der Waals surface area contributed by atoms with Crippen molar-refractivity contribution in [2.24, 2.45) is 11.8 Å². The predicted molar refractivity (Wildman–Crippen MR) is 48.9 cm³/mol. The van der Waals surface area contributed by atoms with Crippen molar-refractivity contribution in [2.75, 3.05) is 13.1 Å². The molecule has 1 heterocycles. The van der Waals surface area contributed by atoms with Crippen molar-refractivity contribution in [2.45, 2.75) is 38.2 Å². The fourth-order valence-corrected chi connectivity index (χ4v) is 2.73. The minimum atomic E-state index is -0.326. The zero-order valence-corrected chi connectivity index (χ0v) is 7.84. The first kappa shape index (κ1) is 8.52. The average Bonchev–Trinajstić information content (AvgIpc) is 2.51. The third kappa shape index (κ3) is 1.38. The third-order valence-corrected chi connectivity index (χ3v) is 3.76. The summed E-state index contributed by atoms with van der Waals surface area (Å²) in [5.74, 6) is 1.61. The van der Waals surface area contributed by atoms with E-state index in [1.54, 1.807) is 0 Å². The lowest BCUT2D eigenvalue weighted by atomic mass is 9.72. The van der Waals surface area contributed by atoms with Crippen LogP contribution in [0.5, 0.6) is 0 Å². The lowest BCUT2D eigenvalue weighted by molar-refractivity contribution is -0.0277. The molecule has 0 aromatic rings. The van der Waals surface area contributed by atoms with Gasteiger partial charge in [0.1, 0.15) is 0 Å². The highest BCUT2D eigenvalue weighted by Gasteiger charge is 2.40. The molecule has 0 aromatic carbocycles. The number of hydrogen-bond acceptors (Lipinski definition) is 2. The van der Waals surface area contributed by atoms with Gasteiger partial charge in [-0.25, -0.2) is 0 Å². The molecule has 3 unspecified atom stereocenters. The molecule has 0 radical (unpaired) electrons. The molecule has 12 heavy (non-hydrogen) atoms. The lowest BCUT2D eigenvalue weighted by Crippen LogP contribution is -2.38. The molecule has 1 aliphatic carbocycles. The van der Waals surface area contributed by atoms with E-state index in [2.05, 4.69) is 12.2 Å². The molecule has 2 fully saturated rings. The molecule has 1 aliphatic heterocycles. The summed E-state index contributed by atoms with van der Waals surface area (Å²) >= 11 is 0. The summed E-state index contributed by atoms with van der Waals surface area (Å²) in [5.41, 5.74) is -0.326. The Balaban J connectivity index is 2.00. The molecule has 0 spiro atoms.